The molecule has 0 saturated carbocycles. The summed E-state index contributed by atoms with van der Waals surface area (Å²) in [6.45, 7) is 4.97. The van der Waals surface area contributed by atoms with Crippen molar-refractivity contribution in [2.75, 3.05) is 38.6 Å². The number of halogens is 2. The summed E-state index contributed by atoms with van der Waals surface area (Å²) in [4.78, 5) is 2.36. The lowest BCUT2D eigenvalue weighted by Gasteiger charge is -2.26. The lowest BCUT2D eigenvalue weighted by atomic mass is 10.2. The van der Waals surface area contributed by atoms with Gasteiger partial charge in [-0.1, -0.05) is 34.5 Å². The van der Waals surface area contributed by atoms with E-state index in [0.29, 0.717) is 22.4 Å². The first-order valence-corrected chi connectivity index (χ1v) is 8.31. The van der Waals surface area contributed by atoms with Crippen molar-refractivity contribution in [1.82, 2.24) is 19.9 Å². The molecule has 0 aliphatic carbocycles. The molecule has 0 atom stereocenters. The van der Waals surface area contributed by atoms with E-state index in [4.69, 9.17) is 33.7 Å². The Labute approximate surface area is 145 Å². The van der Waals surface area contributed by atoms with Crippen molar-refractivity contribution in [3.8, 4) is 0 Å². The van der Waals surface area contributed by atoms with E-state index in [0.717, 1.165) is 50.5 Å². The summed E-state index contributed by atoms with van der Waals surface area (Å²) in [6.07, 6.45) is 0.806. The third-order valence-corrected chi connectivity index (χ3v) is 4.69. The Bertz CT molecular complexity index is 670. The Balaban J connectivity index is 1.69. The molecule has 0 radical (unpaired) electrons. The Morgan fingerprint density at radius 1 is 1.17 bits per heavy atom. The molecule has 23 heavy (non-hydrogen) atoms. The molecule has 3 rings (SSSR count). The minimum absolute atomic E-state index is 0.485. The number of benzene rings is 1. The fraction of sp³-hybridized carbons (Fsp3) is 0.467. The van der Waals surface area contributed by atoms with Crippen LogP contribution in [0.15, 0.2) is 18.2 Å². The highest BCUT2D eigenvalue weighted by atomic mass is 35.5. The predicted octanol–water partition coefficient (Wildman–Crippen LogP) is 2.09. The van der Waals surface area contributed by atoms with Gasteiger partial charge in [0.05, 0.1) is 35.5 Å². The topological polar surface area (TPSA) is 69.2 Å². The number of nitrogens with two attached hydrogens (primary N) is 1. The van der Waals surface area contributed by atoms with Crippen LogP contribution in [0.5, 0.6) is 0 Å². The van der Waals surface area contributed by atoms with E-state index in [1.165, 1.54) is 0 Å². The summed E-state index contributed by atoms with van der Waals surface area (Å²) in [5.74, 6) is 0.485. The van der Waals surface area contributed by atoms with Gasteiger partial charge in [-0.2, -0.15) is 0 Å². The maximum atomic E-state index is 6.07. The van der Waals surface area contributed by atoms with Crippen LogP contribution in [-0.2, 0) is 17.7 Å². The Hall–Kier alpha value is -1.34. The van der Waals surface area contributed by atoms with Gasteiger partial charge in [0.2, 0.25) is 0 Å². The van der Waals surface area contributed by atoms with Crippen LogP contribution < -0.4 is 5.73 Å². The molecule has 1 fully saturated rings. The molecular formula is C15H19Cl2N5O. The summed E-state index contributed by atoms with van der Waals surface area (Å²) in [5, 5.41) is 9.23. The van der Waals surface area contributed by atoms with E-state index >= 15 is 0 Å². The van der Waals surface area contributed by atoms with Gasteiger partial charge in [0.15, 0.2) is 5.82 Å². The van der Waals surface area contributed by atoms with E-state index < -0.39 is 0 Å². The van der Waals surface area contributed by atoms with Crippen LogP contribution in [-0.4, -0.2) is 52.7 Å². The van der Waals surface area contributed by atoms with E-state index in [1.54, 1.807) is 6.07 Å². The average Bonchev–Trinajstić information content (AvgIpc) is 2.90. The molecule has 1 aliphatic heterocycles. The van der Waals surface area contributed by atoms with E-state index in [9.17, 15) is 0 Å². The van der Waals surface area contributed by atoms with Gasteiger partial charge in [-0.25, -0.2) is 4.68 Å². The third kappa shape index (κ3) is 4.14. The van der Waals surface area contributed by atoms with Crippen molar-refractivity contribution >= 4 is 29.0 Å². The number of aromatic nitrogens is 3. The minimum Gasteiger partial charge on any atom is -0.381 e. The predicted molar refractivity (Wildman–Crippen MR) is 91.0 cm³/mol. The van der Waals surface area contributed by atoms with Crippen molar-refractivity contribution in [3.05, 3.63) is 39.5 Å². The van der Waals surface area contributed by atoms with Crippen molar-refractivity contribution in [2.45, 2.75) is 13.0 Å². The van der Waals surface area contributed by atoms with Gasteiger partial charge in [0, 0.05) is 26.1 Å². The second-order valence-corrected chi connectivity index (χ2v) is 6.35. The monoisotopic (exact) mass is 355 g/mol. The second-order valence-electron chi connectivity index (χ2n) is 5.53. The van der Waals surface area contributed by atoms with Gasteiger partial charge in [0.25, 0.3) is 0 Å². The molecule has 0 spiro atoms. The number of nitrogens with zero attached hydrogens (tertiary/aromatic N) is 4. The Morgan fingerprint density at radius 3 is 2.70 bits per heavy atom. The van der Waals surface area contributed by atoms with Crippen LogP contribution in [0, 0.1) is 0 Å². The fourth-order valence-corrected chi connectivity index (χ4v) is 2.95. The van der Waals surface area contributed by atoms with Crippen LogP contribution >= 0.6 is 23.2 Å². The minimum atomic E-state index is 0.485. The van der Waals surface area contributed by atoms with Crippen molar-refractivity contribution in [1.29, 1.82) is 0 Å². The lowest BCUT2D eigenvalue weighted by Crippen LogP contribution is -2.37. The molecule has 0 unspecified atom stereocenters. The molecular weight excluding hydrogens is 337 g/mol. The van der Waals surface area contributed by atoms with Crippen LogP contribution in [0.1, 0.15) is 11.3 Å². The number of anilines is 1. The Kier molecular flexibility index (Phi) is 5.38. The zero-order chi connectivity index (χ0) is 16.2. The molecule has 1 aliphatic rings. The van der Waals surface area contributed by atoms with Crippen LogP contribution in [0.2, 0.25) is 10.0 Å². The number of morpholine rings is 1. The maximum absolute atomic E-state index is 6.07. The van der Waals surface area contributed by atoms with Crippen LogP contribution in [0.4, 0.5) is 5.82 Å². The molecule has 2 aromatic rings. The van der Waals surface area contributed by atoms with Gasteiger partial charge in [-0.15, -0.1) is 5.10 Å². The molecule has 0 amide bonds. The number of nitrogen functional groups attached to an aromatic ring is 1. The van der Waals surface area contributed by atoms with Gasteiger partial charge in [0.1, 0.15) is 0 Å². The summed E-state index contributed by atoms with van der Waals surface area (Å²) in [6, 6.07) is 5.55. The molecule has 1 saturated heterocycles. The fourth-order valence-electron chi connectivity index (χ4n) is 2.63. The quantitative estimate of drug-likeness (QED) is 0.889. The summed E-state index contributed by atoms with van der Waals surface area (Å²) in [7, 11) is 0. The standard InChI is InChI=1S/C15H19Cl2N5O/c16-12-2-1-11(9-13(12)17)10-22-14(15(18)19-20-22)3-4-21-5-7-23-8-6-21/h1-2,9H,3-8,10,18H2. The zero-order valence-electron chi connectivity index (χ0n) is 12.7. The van der Waals surface area contributed by atoms with Crippen molar-refractivity contribution in [2.24, 2.45) is 0 Å². The number of rotatable bonds is 5. The lowest BCUT2D eigenvalue weighted by molar-refractivity contribution is 0.0382. The van der Waals surface area contributed by atoms with E-state index in [2.05, 4.69) is 15.2 Å². The zero-order valence-corrected chi connectivity index (χ0v) is 14.2. The van der Waals surface area contributed by atoms with Gasteiger partial charge < -0.3 is 10.5 Å². The normalized spacial score (nSPS) is 15.9. The van der Waals surface area contributed by atoms with Crippen LogP contribution in [0.25, 0.3) is 0 Å². The first-order valence-electron chi connectivity index (χ1n) is 7.55. The smallest absolute Gasteiger partial charge is 0.169 e. The van der Waals surface area contributed by atoms with Gasteiger partial charge in [-0.3, -0.25) is 4.90 Å². The van der Waals surface area contributed by atoms with E-state index in [-0.39, 0.29) is 0 Å². The molecule has 8 heteroatoms. The molecule has 2 heterocycles. The summed E-state index contributed by atoms with van der Waals surface area (Å²) >= 11 is 12.0. The highest BCUT2D eigenvalue weighted by molar-refractivity contribution is 6.42. The van der Waals surface area contributed by atoms with Crippen molar-refractivity contribution in [3.63, 3.8) is 0 Å². The highest BCUT2D eigenvalue weighted by Crippen LogP contribution is 2.23. The first kappa shape index (κ1) is 16.5. The second kappa shape index (κ2) is 7.49. The SMILES string of the molecule is Nc1nnn(Cc2ccc(Cl)c(Cl)c2)c1CCN1CCOCC1. The average molecular weight is 356 g/mol. The summed E-state index contributed by atoms with van der Waals surface area (Å²) in [5.41, 5.74) is 7.94. The third-order valence-electron chi connectivity index (χ3n) is 3.95. The number of hydrogen-bond acceptors (Lipinski definition) is 5. The van der Waals surface area contributed by atoms with Gasteiger partial charge >= 0.3 is 0 Å². The molecule has 6 nitrogen and oxygen atoms in total. The molecule has 1 aromatic heterocycles. The van der Waals surface area contributed by atoms with E-state index in [1.807, 2.05) is 16.8 Å². The number of ether oxygens (including phenoxy) is 1. The highest BCUT2D eigenvalue weighted by Gasteiger charge is 2.15. The largest absolute Gasteiger partial charge is 0.381 e. The number of hydrogen-bond donors (Lipinski definition) is 1. The van der Waals surface area contributed by atoms with Crippen LogP contribution in [0.3, 0.4) is 0 Å². The first-order chi connectivity index (χ1) is 11.1. The maximum Gasteiger partial charge on any atom is 0.169 e. The summed E-state index contributed by atoms with van der Waals surface area (Å²) < 4.78 is 7.19. The molecule has 2 N–H and O–H groups in total. The van der Waals surface area contributed by atoms with Crippen molar-refractivity contribution < 1.29 is 4.74 Å². The molecule has 124 valence electrons. The van der Waals surface area contributed by atoms with Gasteiger partial charge in [-0.05, 0) is 17.7 Å². The Morgan fingerprint density at radius 2 is 1.96 bits per heavy atom. The molecule has 1 aromatic carbocycles. The molecule has 0 bridgehead atoms.